The fraction of sp³-hybridized carbons (Fsp3) is 0.136. The van der Waals surface area contributed by atoms with Gasteiger partial charge in [0.1, 0.15) is 6.54 Å². The molecule has 30 heavy (non-hydrogen) atoms. The molecule has 8 heteroatoms. The number of carbonyl (C=O) groups is 1. The average molecular weight is 401 g/mol. The van der Waals surface area contributed by atoms with Crippen LogP contribution in [0.4, 0.5) is 5.69 Å². The van der Waals surface area contributed by atoms with E-state index in [1.165, 1.54) is 15.7 Å². The first-order valence-corrected chi connectivity index (χ1v) is 9.35. The van der Waals surface area contributed by atoms with Crippen molar-refractivity contribution in [3.8, 4) is 0 Å². The number of likely N-dealkylation sites (N-methyl/N-ethyl adjacent to an activating group) is 1. The van der Waals surface area contributed by atoms with Crippen molar-refractivity contribution in [2.24, 2.45) is 0 Å². The van der Waals surface area contributed by atoms with Crippen LogP contribution in [0.1, 0.15) is 5.56 Å². The monoisotopic (exact) mass is 401 g/mol. The Balaban J connectivity index is 1.80. The number of hydrogen-bond acceptors (Lipinski definition) is 5. The Morgan fingerprint density at radius 3 is 2.47 bits per heavy atom. The van der Waals surface area contributed by atoms with Crippen LogP contribution in [0, 0.1) is 0 Å². The maximum Gasteiger partial charge on any atom is 0.332 e. The molecule has 0 aliphatic rings. The fourth-order valence-corrected chi connectivity index (χ4v) is 3.25. The molecule has 0 fully saturated rings. The van der Waals surface area contributed by atoms with Crippen molar-refractivity contribution in [3.05, 3.63) is 99.6 Å². The summed E-state index contributed by atoms with van der Waals surface area (Å²) in [6.07, 6.45) is 4.70. The van der Waals surface area contributed by atoms with Gasteiger partial charge in [0, 0.05) is 31.3 Å². The number of amides is 1. The highest BCUT2D eigenvalue weighted by molar-refractivity contribution is 5.93. The van der Waals surface area contributed by atoms with Crippen molar-refractivity contribution < 1.29 is 4.79 Å². The van der Waals surface area contributed by atoms with Crippen LogP contribution in [-0.2, 0) is 17.9 Å². The molecule has 0 saturated heterocycles. The van der Waals surface area contributed by atoms with Crippen LogP contribution in [0.25, 0.3) is 11.0 Å². The van der Waals surface area contributed by atoms with E-state index in [0.29, 0.717) is 16.8 Å². The summed E-state index contributed by atoms with van der Waals surface area (Å²) in [6, 6.07) is 15.9. The zero-order valence-electron chi connectivity index (χ0n) is 16.3. The lowest BCUT2D eigenvalue weighted by molar-refractivity contribution is -0.118. The molecule has 3 aromatic heterocycles. The standard InChI is InChI=1S/C22H19N5O3/c1-25(17-8-3-2-4-9-17)19(28)15-26-18-10-6-12-24-20(18)21(29)27(22(26)30)14-16-7-5-11-23-13-16/h2-13H,14-15H2,1H3. The molecule has 0 aliphatic carbocycles. The minimum atomic E-state index is -0.570. The molecule has 0 unspecified atom stereocenters. The number of para-hydroxylation sites is 1. The number of aromatic nitrogens is 4. The number of carbonyl (C=O) groups excluding carboxylic acids is 1. The molecule has 1 aromatic carbocycles. The van der Waals surface area contributed by atoms with Gasteiger partial charge < -0.3 is 4.90 Å². The van der Waals surface area contributed by atoms with Crippen LogP contribution >= 0.6 is 0 Å². The normalized spacial score (nSPS) is 10.8. The van der Waals surface area contributed by atoms with Gasteiger partial charge in [0.2, 0.25) is 5.91 Å². The van der Waals surface area contributed by atoms with E-state index in [9.17, 15) is 14.4 Å². The second kappa shape index (κ2) is 8.12. The maximum absolute atomic E-state index is 13.2. The van der Waals surface area contributed by atoms with Gasteiger partial charge in [-0.2, -0.15) is 0 Å². The van der Waals surface area contributed by atoms with Crippen LogP contribution in [-0.4, -0.2) is 32.1 Å². The summed E-state index contributed by atoms with van der Waals surface area (Å²) >= 11 is 0. The molecule has 0 N–H and O–H groups in total. The van der Waals surface area contributed by atoms with Crippen molar-refractivity contribution >= 4 is 22.6 Å². The van der Waals surface area contributed by atoms with Gasteiger partial charge in [0.05, 0.1) is 12.1 Å². The number of fused-ring (bicyclic) bond motifs is 1. The molecule has 0 saturated carbocycles. The van der Waals surface area contributed by atoms with Crippen molar-refractivity contribution in [1.82, 2.24) is 19.1 Å². The zero-order chi connectivity index (χ0) is 21.1. The summed E-state index contributed by atoms with van der Waals surface area (Å²) in [5.74, 6) is -0.292. The predicted octanol–water partition coefficient (Wildman–Crippen LogP) is 1.66. The largest absolute Gasteiger partial charge is 0.332 e. The van der Waals surface area contributed by atoms with Gasteiger partial charge in [-0.05, 0) is 35.9 Å². The van der Waals surface area contributed by atoms with Crippen LogP contribution in [0.3, 0.4) is 0 Å². The average Bonchev–Trinajstić information content (AvgIpc) is 2.80. The Hall–Kier alpha value is -4.07. The van der Waals surface area contributed by atoms with E-state index in [4.69, 9.17) is 0 Å². The Kier molecular flexibility index (Phi) is 5.21. The van der Waals surface area contributed by atoms with Crippen LogP contribution in [0.15, 0.2) is 82.8 Å². The highest BCUT2D eigenvalue weighted by Gasteiger charge is 2.18. The Morgan fingerprint density at radius 2 is 1.73 bits per heavy atom. The second-order valence-corrected chi connectivity index (χ2v) is 6.78. The molecule has 0 atom stereocenters. The van der Waals surface area contributed by atoms with Crippen molar-refractivity contribution in [2.45, 2.75) is 13.1 Å². The molecule has 1 amide bonds. The number of nitrogens with zero attached hydrogens (tertiary/aromatic N) is 5. The number of anilines is 1. The van der Waals surface area contributed by atoms with Crippen LogP contribution < -0.4 is 16.1 Å². The van der Waals surface area contributed by atoms with Gasteiger partial charge >= 0.3 is 5.69 Å². The minimum absolute atomic E-state index is 0.0424. The van der Waals surface area contributed by atoms with E-state index >= 15 is 0 Å². The maximum atomic E-state index is 13.2. The summed E-state index contributed by atoms with van der Waals surface area (Å²) in [5, 5.41) is 0. The van der Waals surface area contributed by atoms with Gasteiger partial charge in [0.15, 0.2) is 5.52 Å². The van der Waals surface area contributed by atoms with Gasteiger partial charge in [-0.3, -0.25) is 23.7 Å². The molecule has 3 heterocycles. The topological polar surface area (TPSA) is 90.1 Å². The summed E-state index contributed by atoms with van der Waals surface area (Å²) < 4.78 is 2.38. The Morgan fingerprint density at radius 1 is 0.967 bits per heavy atom. The minimum Gasteiger partial charge on any atom is -0.314 e. The highest BCUT2D eigenvalue weighted by Crippen LogP contribution is 2.12. The lowest BCUT2D eigenvalue weighted by Crippen LogP contribution is -2.43. The molecular weight excluding hydrogens is 382 g/mol. The summed E-state index contributed by atoms with van der Waals surface area (Å²) in [7, 11) is 1.65. The van der Waals surface area contributed by atoms with Gasteiger partial charge in [0.25, 0.3) is 5.56 Å². The van der Waals surface area contributed by atoms with E-state index < -0.39 is 11.2 Å². The molecule has 4 rings (SSSR count). The van der Waals surface area contributed by atoms with Crippen molar-refractivity contribution in [2.75, 3.05) is 11.9 Å². The fourth-order valence-electron chi connectivity index (χ4n) is 3.25. The molecule has 0 bridgehead atoms. The quantitative estimate of drug-likeness (QED) is 0.507. The number of hydrogen-bond donors (Lipinski definition) is 0. The Bertz CT molecular complexity index is 1310. The van der Waals surface area contributed by atoms with E-state index in [1.54, 1.807) is 43.7 Å². The van der Waals surface area contributed by atoms with E-state index in [-0.39, 0.29) is 24.5 Å². The molecule has 0 spiro atoms. The Labute approximate surface area is 171 Å². The third-order valence-electron chi connectivity index (χ3n) is 4.86. The second-order valence-electron chi connectivity index (χ2n) is 6.78. The number of pyridine rings is 2. The summed E-state index contributed by atoms with van der Waals surface area (Å²) in [6.45, 7) is -0.180. The van der Waals surface area contributed by atoms with E-state index in [0.717, 1.165) is 4.57 Å². The van der Waals surface area contributed by atoms with Gasteiger partial charge in [-0.15, -0.1) is 0 Å². The predicted molar refractivity (Wildman–Crippen MR) is 113 cm³/mol. The first-order chi connectivity index (χ1) is 14.6. The molecule has 8 nitrogen and oxygen atoms in total. The lowest BCUT2D eigenvalue weighted by Gasteiger charge is -2.19. The summed E-state index contributed by atoms with van der Waals surface area (Å²) in [5.41, 5.74) is 0.799. The highest BCUT2D eigenvalue weighted by atomic mass is 16.2. The van der Waals surface area contributed by atoms with Gasteiger partial charge in [-0.25, -0.2) is 9.78 Å². The molecule has 0 aliphatic heterocycles. The molecular formula is C22H19N5O3. The van der Waals surface area contributed by atoms with E-state index in [2.05, 4.69) is 9.97 Å². The zero-order valence-corrected chi connectivity index (χ0v) is 16.3. The lowest BCUT2D eigenvalue weighted by atomic mass is 10.2. The van der Waals surface area contributed by atoms with E-state index in [1.807, 2.05) is 30.3 Å². The molecule has 150 valence electrons. The van der Waals surface area contributed by atoms with Crippen LogP contribution in [0.5, 0.6) is 0 Å². The number of rotatable bonds is 5. The van der Waals surface area contributed by atoms with Gasteiger partial charge in [-0.1, -0.05) is 24.3 Å². The first kappa shape index (κ1) is 19.3. The number of benzene rings is 1. The third kappa shape index (κ3) is 3.62. The van der Waals surface area contributed by atoms with Crippen molar-refractivity contribution in [1.29, 1.82) is 0 Å². The van der Waals surface area contributed by atoms with Crippen molar-refractivity contribution in [3.63, 3.8) is 0 Å². The smallest absolute Gasteiger partial charge is 0.314 e. The molecule has 0 radical (unpaired) electrons. The van der Waals surface area contributed by atoms with Crippen LogP contribution in [0.2, 0.25) is 0 Å². The summed E-state index contributed by atoms with van der Waals surface area (Å²) in [4.78, 5) is 48.7. The third-order valence-corrected chi connectivity index (χ3v) is 4.86. The SMILES string of the molecule is CN(C(=O)Cn1c(=O)n(Cc2cccnc2)c(=O)c2ncccc21)c1ccccc1. The molecule has 4 aromatic rings. The first-order valence-electron chi connectivity index (χ1n) is 9.35.